The zero-order valence-electron chi connectivity index (χ0n) is 15.5. The lowest BCUT2D eigenvalue weighted by atomic mass is 10.0. The Morgan fingerprint density at radius 1 is 1.15 bits per heavy atom. The zero-order valence-corrected chi connectivity index (χ0v) is 15.5. The molecule has 1 heterocycles. The fraction of sp³-hybridized carbons (Fsp3) is 0.409. The monoisotopic (exact) mass is 354 g/mol. The highest BCUT2D eigenvalue weighted by Gasteiger charge is 2.24. The fourth-order valence-electron chi connectivity index (χ4n) is 3.58. The molecule has 0 bridgehead atoms. The standard InChI is InChI=1S/C22H27FN2O/c1-16-7-9-18(10-8-16)22(26)25-13-11-20(12-14-25)24-17(2)15-19-5-3-4-6-21(19)23/h3-10,17,20,24H,11-15H2,1-2H3. The Bertz CT molecular complexity index is 736. The van der Waals surface area contributed by atoms with Crippen molar-refractivity contribution in [2.45, 2.75) is 45.2 Å². The molecule has 2 aromatic rings. The third kappa shape index (κ3) is 4.70. The van der Waals surface area contributed by atoms with Gasteiger partial charge in [0.1, 0.15) is 5.82 Å². The SMILES string of the molecule is Cc1ccc(C(=O)N2CCC(NC(C)Cc3ccccc3F)CC2)cc1. The molecule has 0 aromatic heterocycles. The Morgan fingerprint density at radius 2 is 1.81 bits per heavy atom. The summed E-state index contributed by atoms with van der Waals surface area (Å²) in [4.78, 5) is 14.5. The number of rotatable bonds is 5. The first-order valence-electron chi connectivity index (χ1n) is 9.38. The van der Waals surface area contributed by atoms with E-state index >= 15 is 0 Å². The van der Waals surface area contributed by atoms with Crippen molar-refractivity contribution in [1.82, 2.24) is 10.2 Å². The quantitative estimate of drug-likeness (QED) is 0.881. The van der Waals surface area contributed by atoms with Crippen LogP contribution in [-0.2, 0) is 6.42 Å². The van der Waals surface area contributed by atoms with Crippen molar-refractivity contribution in [2.24, 2.45) is 0 Å². The number of piperidine rings is 1. The number of nitrogens with zero attached hydrogens (tertiary/aromatic N) is 1. The van der Waals surface area contributed by atoms with Crippen LogP contribution in [0.2, 0.25) is 0 Å². The smallest absolute Gasteiger partial charge is 0.253 e. The maximum Gasteiger partial charge on any atom is 0.253 e. The van der Waals surface area contributed by atoms with Gasteiger partial charge in [-0.25, -0.2) is 4.39 Å². The van der Waals surface area contributed by atoms with E-state index in [9.17, 15) is 9.18 Å². The second-order valence-corrected chi connectivity index (χ2v) is 7.30. The van der Waals surface area contributed by atoms with Crippen molar-refractivity contribution in [3.05, 3.63) is 71.0 Å². The molecule has 3 rings (SSSR count). The first-order valence-corrected chi connectivity index (χ1v) is 9.38. The lowest BCUT2D eigenvalue weighted by molar-refractivity contribution is 0.0702. The van der Waals surface area contributed by atoms with Crippen LogP contribution in [0.25, 0.3) is 0 Å². The van der Waals surface area contributed by atoms with Crippen LogP contribution in [0.5, 0.6) is 0 Å². The molecular weight excluding hydrogens is 327 g/mol. The van der Waals surface area contributed by atoms with Crippen molar-refractivity contribution >= 4 is 5.91 Å². The van der Waals surface area contributed by atoms with Gasteiger partial charge in [-0.3, -0.25) is 4.79 Å². The molecule has 1 atom stereocenters. The Morgan fingerprint density at radius 3 is 2.46 bits per heavy atom. The molecule has 26 heavy (non-hydrogen) atoms. The summed E-state index contributed by atoms with van der Waals surface area (Å²) in [6, 6.07) is 15.3. The molecule has 1 aliphatic heterocycles. The summed E-state index contributed by atoms with van der Waals surface area (Å²) in [6.45, 7) is 5.64. The van der Waals surface area contributed by atoms with Gasteiger partial charge in [0.25, 0.3) is 5.91 Å². The first-order chi connectivity index (χ1) is 12.5. The normalized spacial score (nSPS) is 16.5. The highest BCUT2D eigenvalue weighted by Crippen LogP contribution is 2.16. The summed E-state index contributed by atoms with van der Waals surface area (Å²) in [5, 5.41) is 3.60. The second kappa shape index (κ2) is 8.45. The second-order valence-electron chi connectivity index (χ2n) is 7.30. The third-order valence-electron chi connectivity index (χ3n) is 5.08. The first kappa shape index (κ1) is 18.6. The van der Waals surface area contributed by atoms with Crippen LogP contribution in [0, 0.1) is 12.7 Å². The number of halogens is 1. The molecule has 0 saturated carbocycles. The number of carbonyl (C=O) groups excluding carboxylic acids is 1. The molecule has 0 aliphatic carbocycles. The molecule has 1 fully saturated rings. The molecule has 3 nitrogen and oxygen atoms in total. The number of hydrogen-bond acceptors (Lipinski definition) is 2. The Hall–Kier alpha value is -2.20. The average Bonchev–Trinajstić information content (AvgIpc) is 2.64. The van der Waals surface area contributed by atoms with Crippen molar-refractivity contribution in [3.63, 3.8) is 0 Å². The molecule has 0 radical (unpaired) electrons. The molecule has 1 saturated heterocycles. The van der Waals surface area contributed by atoms with E-state index in [-0.39, 0.29) is 17.8 Å². The van der Waals surface area contributed by atoms with Crippen LogP contribution in [0.15, 0.2) is 48.5 Å². The van der Waals surface area contributed by atoms with E-state index in [0.717, 1.165) is 42.6 Å². The van der Waals surface area contributed by atoms with Gasteiger partial charge in [0, 0.05) is 30.7 Å². The Kier molecular flexibility index (Phi) is 6.04. The Balaban J connectivity index is 1.48. The molecule has 4 heteroatoms. The minimum absolute atomic E-state index is 0.114. The average molecular weight is 354 g/mol. The summed E-state index contributed by atoms with van der Waals surface area (Å²) in [5.74, 6) is -0.0254. The predicted octanol–water partition coefficient (Wildman–Crippen LogP) is 3.96. The minimum atomic E-state index is -0.139. The van der Waals surface area contributed by atoms with E-state index < -0.39 is 0 Å². The van der Waals surface area contributed by atoms with Crippen LogP contribution in [-0.4, -0.2) is 36.0 Å². The number of nitrogens with one attached hydrogen (secondary N) is 1. The molecule has 138 valence electrons. The summed E-state index contributed by atoms with van der Waals surface area (Å²) in [5.41, 5.74) is 2.67. The van der Waals surface area contributed by atoms with Crippen LogP contribution in [0.1, 0.15) is 41.3 Å². The number of hydrogen-bond donors (Lipinski definition) is 1. The van der Waals surface area contributed by atoms with Crippen molar-refractivity contribution < 1.29 is 9.18 Å². The lowest BCUT2D eigenvalue weighted by Gasteiger charge is -2.34. The van der Waals surface area contributed by atoms with E-state index in [2.05, 4.69) is 12.2 Å². The fourth-order valence-corrected chi connectivity index (χ4v) is 3.58. The van der Waals surface area contributed by atoms with Gasteiger partial charge in [-0.2, -0.15) is 0 Å². The van der Waals surface area contributed by atoms with Gasteiger partial charge in [-0.1, -0.05) is 35.9 Å². The lowest BCUT2D eigenvalue weighted by Crippen LogP contribution is -2.47. The summed E-state index contributed by atoms with van der Waals surface area (Å²) in [7, 11) is 0. The van der Waals surface area contributed by atoms with Gasteiger partial charge in [0.2, 0.25) is 0 Å². The van der Waals surface area contributed by atoms with Crippen LogP contribution in [0.4, 0.5) is 4.39 Å². The van der Waals surface area contributed by atoms with Crippen LogP contribution < -0.4 is 5.32 Å². The maximum absolute atomic E-state index is 13.8. The summed E-state index contributed by atoms with van der Waals surface area (Å²) < 4.78 is 13.8. The Labute approximate surface area is 155 Å². The number of likely N-dealkylation sites (tertiary alicyclic amines) is 1. The van der Waals surface area contributed by atoms with E-state index in [1.807, 2.05) is 48.2 Å². The summed E-state index contributed by atoms with van der Waals surface area (Å²) in [6.07, 6.45) is 2.54. The largest absolute Gasteiger partial charge is 0.339 e. The summed E-state index contributed by atoms with van der Waals surface area (Å²) >= 11 is 0. The number of carbonyl (C=O) groups is 1. The van der Waals surface area contributed by atoms with Gasteiger partial charge in [-0.05, 0) is 56.9 Å². The highest BCUT2D eigenvalue weighted by molar-refractivity contribution is 5.94. The predicted molar refractivity (Wildman–Crippen MR) is 103 cm³/mol. The molecular formula is C22H27FN2O. The molecule has 2 aromatic carbocycles. The topological polar surface area (TPSA) is 32.3 Å². The number of amides is 1. The van der Waals surface area contributed by atoms with Gasteiger partial charge >= 0.3 is 0 Å². The number of benzene rings is 2. The molecule has 1 amide bonds. The van der Waals surface area contributed by atoms with Crippen molar-refractivity contribution in [1.29, 1.82) is 0 Å². The van der Waals surface area contributed by atoms with Gasteiger partial charge < -0.3 is 10.2 Å². The molecule has 1 N–H and O–H groups in total. The van der Waals surface area contributed by atoms with Crippen LogP contribution >= 0.6 is 0 Å². The van der Waals surface area contributed by atoms with E-state index in [1.165, 1.54) is 6.07 Å². The van der Waals surface area contributed by atoms with Gasteiger partial charge in [0.05, 0.1) is 0 Å². The van der Waals surface area contributed by atoms with E-state index in [4.69, 9.17) is 0 Å². The minimum Gasteiger partial charge on any atom is -0.339 e. The molecule has 0 spiro atoms. The van der Waals surface area contributed by atoms with E-state index in [0.29, 0.717) is 12.5 Å². The van der Waals surface area contributed by atoms with E-state index in [1.54, 1.807) is 6.07 Å². The van der Waals surface area contributed by atoms with Gasteiger partial charge in [0.15, 0.2) is 0 Å². The van der Waals surface area contributed by atoms with Crippen LogP contribution in [0.3, 0.4) is 0 Å². The molecule has 1 aliphatic rings. The van der Waals surface area contributed by atoms with Crippen molar-refractivity contribution in [3.8, 4) is 0 Å². The zero-order chi connectivity index (χ0) is 18.5. The maximum atomic E-state index is 13.8. The third-order valence-corrected chi connectivity index (χ3v) is 5.08. The number of aryl methyl sites for hydroxylation is 1. The van der Waals surface area contributed by atoms with Crippen molar-refractivity contribution in [2.75, 3.05) is 13.1 Å². The molecule has 1 unspecified atom stereocenters. The van der Waals surface area contributed by atoms with Gasteiger partial charge in [-0.15, -0.1) is 0 Å². The highest BCUT2D eigenvalue weighted by atomic mass is 19.1.